The van der Waals surface area contributed by atoms with E-state index in [1.807, 2.05) is 41.5 Å². The molecule has 0 aliphatic carbocycles. The summed E-state index contributed by atoms with van der Waals surface area (Å²) < 4.78 is 0. The van der Waals surface area contributed by atoms with Crippen molar-refractivity contribution in [1.82, 2.24) is 0 Å². The molecule has 0 spiro atoms. The van der Waals surface area contributed by atoms with Crippen LogP contribution in [0.2, 0.25) is 0 Å². The Morgan fingerprint density at radius 3 is 1.21 bits per heavy atom. The minimum atomic E-state index is 0.266. The van der Waals surface area contributed by atoms with Crippen molar-refractivity contribution in [3.63, 3.8) is 0 Å². The topological polar surface area (TPSA) is 0 Å². The molecule has 0 N–H and O–H groups in total. The molecule has 0 aromatic heterocycles. The Labute approximate surface area is 123 Å². The molecule has 0 amide bonds. The van der Waals surface area contributed by atoms with Crippen LogP contribution in [0.4, 0.5) is 0 Å². The van der Waals surface area contributed by atoms with Crippen molar-refractivity contribution in [2.45, 2.75) is 88.5 Å². The van der Waals surface area contributed by atoms with Crippen LogP contribution in [-0.2, 0) is 5.41 Å². The van der Waals surface area contributed by atoms with Gasteiger partial charge in [0.15, 0.2) is 0 Å². The molecule has 0 heterocycles. The van der Waals surface area contributed by atoms with Crippen molar-refractivity contribution in [2.24, 2.45) is 0 Å². The number of hydrogen-bond donors (Lipinski definition) is 0. The summed E-state index contributed by atoms with van der Waals surface area (Å²) in [5.41, 5.74) is 5.94. The summed E-state index contributed by atoms with van der Waals surface area (Å²) in [5.74, 6) is 0. The van der Waals surface area contributed by atoms with Crippen molar-refractivity contribution >= 4 is 0 Å². The zero-order valence-corrected chi connectivity index (χ0v) is 15.7. The van der Waals surface area contributed by atoms with E-state index in [-0.39, 0.29) is 5.41 Å². The molecule has 0 unspecified atom stereocenters. The smallest absolute Gasteiger partial charge is 0.0129 e. The van der Waals surface area contributed by atoms with E-state index >= 15 is 0 Å². The minimum Gasteiger partial charge on any atom is -0.0683 e. The second-order valence-electron chi connectivity index (χ2n) is 5.00. The molecule has 0 radical (unpaired) electrons. The second kappa shape index (κ2) is 12.3. The molecule has 0 atom stereocenters. The third-order valence-corrected chi connectivity index (χ3v) is 2.65. The van der Waals surface area contributed by atoms with Crippen molar-refractivity contribution in [2.75, 3.05) is 0 Å². The summed E-state index contributed by atoms with van der Waals surface area (Å²) >= 11 is 0. The quantitative estimate of drug-likeness (QED) is 0.475. The van der Waals surface area contributed by atoms with Crippen LogP contribution in [0.25, 0.3) is 0 Å². The Balaban J connectivity index is -0.000000375. The summed E-state index contributed by atoms with van der Waals surface area (Å²) in [6.07, 6.45) is 0. The largest absolute Gasteiger partial charge is 0.0683 e. The first-order valence-electron chi connectivity index (χ1n) is 7.90. The van der Waals surface area contributed by atoms with E-state index in [9.17, 15) is 0 Å². The maximum absolute atomic E-state index is 2.32. The van der Waals surface area contributed by atoms with Gasteiger partial charge in [-0.1, -0.05) is 74.4 Å². The van der Waals surface area contributed by atoms with Gasteiger partial charge in [0.25, 0.3) is 0 Å². The fraction of sp³-hybridized carbons (Fsp3) is 0.684. The van der Waals surface area contributed by atoms with Crippen molar-refractivity contribution in [3.05, 3.63) is 34.4 Å². The molecule has 114 valence electrons. The molecule has 1 aromatic rings. The first-order chi connectivity index (χ1) is 8.82. The van der Waals surface area contributed by atoms with E-state index < -0.39 is 0 Å². The number of aryl methyl sites for hydroxylation is 3. The molecule has 0 saturated carbocycles. The number of benzene rings is 1. The fourth-order valence-corrected chi connectivity index (χ4v) is 1.77. The summed E-state index contributed by atoms with van der Waals surface area (Å²) in [6.45, 7) is 25.4. The van der Waals surface area contributed by atoms with Gasteiger partial charge in [-0.15, -0.1) is 0 Å². The maximum Gasteiger partial charge on any atom is -0.0129 e. The molecule has 0 saturated heterocycles. The van der Waals surface area contributed by atoms with Crippen LogP contribution in [-0.4, -0.2) is 0 Å². The summed E-state index contributed by atoms with van der Waals surface area (Å²) in [6, 6.07) is 4.61. The van der Waals surface area contributed by atoms with Gasteiger partial charge in [-0.25, -0.2) is 0 Å². The number of rotatable bonds is 0. The van der Waals surface area contributed by atoms with Gasteiger partial charge in [0.05, 0.1) is 0 Å². The third kappa shape index (κ3) is 8.86. The minimum absolute atomic E-state index is 0.266. The molecule has 0 fully saturated rings. The molecule has 1 rings (SSSR count). The molecule has 0 heteroatoms. The SMILES string of the molecule is CC.CC.CC.Cc1cc(C)c(C(C)(C)C)cc1C. The Morgan fingerprint density at radius 1 is 0.579 bits per heavy atom. The van der Waals surface area contributed by atoms with Crippen LogP contribution < -0.4 is 0 Å². The van der Waals surface area contributed by atoms with Crippen molar-refractivity contribution < 1.29 is 0 Å². The van der Waals surface area contributed by atoms with Crippen LogP contribution in [0.3, 0.4) is 0 Å². The molecule has 0 bridgehead atoms. The van der Waals surface area contributed by atoms with Crippen molar-refractivity contribution in [3.8, 4) is 0 Å². The Kier molecular flexibility index (Phi) is 15.1. The van der Waals surface area contributed by atoms with Gasteiger partial charge in [0, 0.05) is 0 Å². The van der Waals surface area contributed by atoms with E-state index in [1.54, 1.807) is 0 Å². The van der Waals surface area contributed by atoms with Gasteiger partial charge in [-0.05, 0) is 48.4 Å². The molecule has 19 heavy (non-hydrogen) atoms. The lowest BCUT2D eigenvalue weighted by Gasteiger charge is -2.23. The molecule has 0 nitrogen and oxygen atoms in total. The first kappa shape index (κ1) is 23.3. The predicted octanol–water partition coefficient (Wildman–Crippen LogP) is 6.99. The maximum atomic E-state index is 2.32. The number of hydrogen-bond acceptors (Lipinski definition) is 0. The highest BCUT2D eigenvalue weighted by atomic mass is 14.2. The van der Waals surface area contributed by atoms with Gasteiger partial charge in [0.1, 0.15) is 0 Å². The van der Waals surface area contributed by atoms with Crippen LogP contribution in [0.5, 0.6) is 0 Å². The highest BCUT2D eigenvalue weighted by Crippen LogP contribution is 2.27. The summed E-state index contributed by atoms with van der Waals surface area (Å²) in [7, 11) is 0. The van der Waals surface area contributed by atoms with Gasteiger partial charge >= 0.3 is 0 Å². The zero-order valence-electron chi connectivity index (χ0n) is 15.7. The lowest BCUT2D eigenvalue weighted by atomic mass is 9.82. The molecule has 1 aromatic carbocycles. The molecular weight excluding hydrogens is 228 g/mol. The standard InChI is InChI=1S/C13H20.3C2H6/c1-9-7-11(3)12(8-10(9)2)13(4,5)6;3*1-2/h7-8H,1-6H3;3*1-2H3. The molecule has 0 aliphatic heterocycles. The highest BCUT2D eigenvalue weighted by molar-refractivity contribution is 5.39. The molecule has 0 aliphatic rings. The predicted molar refractivity (Wildman–Crippen MR) is 93.4 cm³/mol. The third-order valence-electron chi connectivity index (χ3n) is 2.65. The summed E-state index contributed by atoms with van der Waals surface area (Å²) in [5, 5.41) is 0. The van der Waals surface area contributed by atoms with E-state index in [0.29, 0.717) is 0 Å². The van der Waals surface area contributed by atoms with E-state index in [0.717, 1.165) is 0 Å². The van der Waals surface area contributed by atoms with Gasteiger partial charge in [-0.3, -0.25) is 0 Å². The monoisotopic (exact) mass is 266 g/mol. The highest BCUT2D eigenvalue weighted by Gasteiger charge is 2.16. The first-order valence-corrected chi connectivity index (χ1v) is 7.90. The van der Waals surface area contributed by atoms with E-state index in [2.05, 4.69) is 53.7 Å². The van der Waals surface area contributed by atoms with Gasteiger partial charge < -0.3 is 0 Å². The van der Waals surface area contributed by atoms with Crippen LogP contribution in [0.1, 0.15) is 84.6 Å². The second-order valence-corrected chi connectivity index (χ2v) is 5.00. The lowest BCUT2D eigenvalue weighted by molar-refractivity contribution is 0.585. The van der Waals surface area contributed by atoms with Crippen LogP contribution in [0, 0.1) is 20.8 Å². The lowest BCUT2D eigenvalue weighted by Crippen LogP contribution is -2.13. The van der Waals surface area contributed by atoms with Crippen LogP contribution in [0.15, 0.2) is 12.1 Å². The van der Waals surface area contributed by atoms with Crippen LogP contribution >= 0.6 is 0 Å². The molecular formula is C19H38. The van der Waals surface area contributed by atoms with E-state index in [4.69, 9.17) is 0 Å². The Bertz CT molecular complexity index is 314. The summed E-state index contributed by atoms with van der Waals surface area (Å²) in [4.78, 5) is 0. The average molecular weight is 267 g/mol. The average Bonchev–Trinajstić information content (AvgIpc) is 2.39. The Hall–Kier alpha value is -0.780. The Morgan fingerprint density at radius 2 is 0.895 bits per heavy atom. The van der Waals surface area contributed by atoms with Gasteiger partial charge in [-0.2, -0.15) is 0 Å². The zero-order chi connectivity index (χ0) is 16.2. The van der Waals surface area contributed by atoms with E-state index in [1.165, 1.54) is 22.3 Å². The fourth-order valence-electron chi connectivity index (χ4n) is 1.77. The normalized spacial score (nSPS) is 9.05. The van der Waals surface area contributed by atoms with Crippen molar-refractivity contribution in [1.29, 1.82) is 0 Å². The van der Waals surface area contributed by atoms with Gasteiger partial charge in [0.2, 0.25) is 0 Å².